The van der Waals surface area contributed by atoms with Gasteiger partial charge in [-0.3, -0.25) is 4.79 Å². The van der Waals surface area contributed by atoms with E-state index in [4.69, 9.17) is 20.8 Å². The molecule has 0 spiro atoms. The summed E-state index contributed by atoms with van der Waals surface area (Å²) in [6, 6.07) is 7.05. The summed E-state index contributed by atoms with van der Waals surface area (Å²) < 4.78 is 10.9. The molecule has 1 N–H and O–H groups in total. The van der Waals surface area contributed by atoms with Crippen molar-refractivity contribution in [2.45, 2.75) is 18.9 Å². The van der Waals surface area contributed by atoms with Crippen molar-refractivity contribution in [1.29, 1.82) is 0 Å². The van der Waals surface area contributed by atoms with E-state index in [1.165, 1.54) is 6.20 Å². The lowest BCUT2D eigenvalue weighted by Gasteiger charge is -2.44. The number of carbonyl (C=O) groups is 1. The first-order valence-electron chi connectivity index (χ1n) is 8.10. The molecule has 3 aliphatic rings. The second-order valence-electron chi connectivity index (χ2n) is 6.26. The Morgan fingerprint density at radius 3 is 2.71 bits per heavy atom. The van der Waals surface area contributed by atoms with Gasteiger partial charge in [0.05, 0.1) is 0 Å². The van der Waals surface area contributed by atoms with Crippen molar-refractivity contribution in [3.8, 4) is 11.7 Å². The number of aromatic nitrogens is 1. The van der Waals surface area contributed by atoms with Gasteiger partial charge in [0, 0.05) is 17.6 Å². The number of nitrogens with one attached hydrogen (secondary N) is 1. The first kappa shape index (κ1) is 15.5. The fraction of sp³-hybridized carbons (Fsp3) is 0.412. The van der Waals surface area contributed by atoms with Crippen LogP contribution < -0.4 is 10.1 Å². The minimum Gasteiger partial charge on any atom is -0.425 e. The normalized spacial score (nSPS) is 25.5. The molecule has 1 aromatic carbocycles. The number of rotatable bonds is 4. The second-order valence-corrected chi connectivity index (χ2v) is 6.69. The van der Waals surface area contributed by atoms with Crippen LogP contribution in [-0.2, 0) is 0 Å². The summed E-state index contributed by atoms with van der Waals surface area (Å²) in [4.78, 5) is 18.7. The number of hydrogen-bond donors (Lipinski definition) is 1. The molecule has 1 atom stereocenters. The van der Waals surface area contributed by atoms with Crippen molar-refractivity contribution in [3.63, 3.8) is 0 Å². The van der Waals surface area contributed by atoms with E-state index in [0.717, 1.165) is 32.5 Å². The van der Waals surface area contributed by atoms with E-state index in [1.807, 2.05) is 0 Å². The summed E-state index contributed by atoms with van der Waals surface area (Å²) >= 11 is 5.83. The van der Waals surface area contributed by atoms with E-state index in [0.29, 0.717) is 16.7 Å². The Labute approximate surface area is 144 Å². The van der Waals surface area contributed by atoms with Crippen LogP contribution in [0.1, 0.15) is 23.5 Å². The highest BCUT2D eigenvalue weighted by atomic mass is 35.5. The first-order valence-corrected chi connectivity index (χ1v) is 8.47. The third kappa shape index (κ3) is 3.25. The number of fused-ring (bicyclic) bond motifs is 3. The van der Waals surface area contributed by atoms with Gasteiger partial charge in [0.2, 0.25) is 0 Å². The van der Waals surface area contributed by atoms with Gasteiger partial charge in [0.15, 0.2) is 0 Å². The predicted octanol–water partition coefficient (Wildman–Crippen LogP) is 2.94. The Balaban J connectivity index is 1.39. The molecule has 1 aromatic heterocycles. The van der Waals surface area contributed by atoms with Gasteiger partial charge in [-0.1, -0.05) is 11.6 Å². The number of ether oxygens (including phenoxy) is 1. The lowest BCUT2D eigenvalue weighted by atomic mass is 9.84. The minimum absolute atomic E-state index is 0.0235. The van der Waals surface area contributed by atoms with Gasteiger partial charge in [-0.2, -0.15) is 0 Å². The molecule has 2 aromatic rings. The van der Waals surface area contributed by atoms with Crippen LogP contribution in [0.5, 0.6) is 11.7 Å². The zero-order valence-corrected chi connectivity index (χ0v) is 13.8. The molecule has 2 bridgehead atoms. The van der Waals surface area contributed by atoms with Gasteiger partial charge in [0.1, 0.15) is 11.9 Å². The summed E-state index contributed by atoms with van der Waals surface area (Å²) in [5.41, 5.74) is 0. The van der Waals surface area contributed by atoms with Gasteiger partial charge in [0.25, 0.3) is 5.89 Å². The van der Waals surface area contributed by atoms with Crippen molar-refractivity contribution >= 4 is 17.5 Å². The van der Waals surface area contributed by atoms with Crippen LogP contribution in [-0.4, -0.2) is 41.5 Å². The lowest BCUT2D eigenvalue weighted by Crippen LogP contribution is -2.57. The number of nitrogens with zero attached hydrogens (tertiary/aromatic N) is 2. The lowest BCUT2D eigenvalue weighted by molar-refractivity contribution is 0.0599. The Kier molecular flexibility index (Phi) is 4.16. The summed E-state index contributed by atoms with van der Waals surface area (Å²) in [6.45, 7) is 3.18. The number of hydrogen-bond acceptors (Lipinski definition) is 5. The number of benzene rings is 1. The molecule has 126 valence electrons. The maximum atomic E-state index is 12.3. The van der Waals surface area contributed by atoms with Gasteiger partial charge < -0.3 is 19.4 Å². The zero-order valence-electron chi connectivity index (χ0n) is 13.1. The maximum Gasteiger partial charge on any atom is 0.311 e. The van der Waals surface area contributed by atoms with Crippen molar-refractivity contribution in [2.75, 3.05) is 19.6 Å². The van der Waals surface area contributed by atoms with Gasteiger partial charge >= 0.3 is 11.9 Å². The Morgan fingerprint density at radius 1 is 1.29 bits per heavy atom. The van der Waals surface area contributed by atoms with E-state index < -0.39 is 0 Å². The van der Waals surface area contributed by atoms with Crippen LogP contribution in [0, 0.1) is 5.92 Å². The van der Waals surface area contributed by atoms with E-state index in [-0.39, 0.29) is 23.8 Å². The van der Waals surface area contributed by atoms with Crippen LogP contribution in [0.4, 0.5) is 0 Å². The van der Waals surface area contributed by atoms with E-state index in [1.54, 1.807) is 24.3 Å². The molecule has 3 saturated heterocycles. The predicted molar refractivity (Wildman–Crippen MR) is 88.4 cm³/mol. The monoisotopic (exact) mass is 347 g/mol. The third-order valence-electron chi connectivity index (χ3n) is 4.68. The summed E-state index contributed by atoms with van der Waals surface area (Å²) in [5.74, 6) is 1.03. The molecule has 24 heavy (non-hydrogen) atoms. The summed E-state index contributed by atoms with van der Waals surface area (Å²) in [7, 11) is 0. The zero-order chi connectivity index (χ0) is 16.5. The molecule has 7 heteroatoms. The molecule has 0 aliphatic carbocycles. The average molecular weight is 348 g/mol. The van der Waals surface area contributed by atoms with Gasteiger partial charge in [-0.25, -0.2) is 4.98 Å². The highest BCUT2D eigenvalue weighted by Crippen LogP contribution is 2.28. The van der Waals surface area contributed by atoms with E-state index in [2.05, 4.69) is 15.2 Å². The van der Waals surface area contributed by atoms with E-state index >= 15 is 0 Å². The molecule has 0 saturated carbocycles. The molecule has 0 radical (unpaired) electrons. The average Bonchev–Trinajstić information content (AvgIpc) is 3.07. The van der Waals surface area contributed by atoms with Gasteiger partial charge in [-0.15, -0.1) is 0 Å². The van der Waals surface area contributed by atoms with E-state index in [9.17, 15) is 4.79 Å². The van der Waals surface area contributed by atoms with Crippen molar-refractivity contribution < 1.29 is 13.9 Å². The van der Waals surface area contributed by atoms with Crippen molar-refractivity contribution in [1.82, 2.24) is 15.2 Å². The molecular formula is C17H18ClN3O3. The number of amides is 1. The molecule has 6 nitrogen and oxygen atoms in total. The van der Waals surface area contributed by atoms with Crippen LogP contribution in [0.3, 0.4) is 0 Å². The molecular weight excluding hydrogens is 330 g/mol. The summed E-state index contributed by atoms with van der Waals surface area (Å²) in [5, 5.41) is 3.66. The third-order valence-corrected chi connectivity index (χ3v) is 4.94. The number of piperidine rings is 3. The fourth-order valence-electron chi connectivity index (χ4n) is 3.39. The molecule has 1 unspecified atom stereocenters. The highest BCUT2D eigenvalue weighted by Gasteiger charge is 2.35. The van der Waals surface area contributed by atoms with Crippen molar-refractivity contribution in [2.24, 2.45) is 5.92 Å². The topological polar surface area (TPSA) is 67.6 Å². The molecule has 3 aliphatic heterocycles. The Morgan fingerprint density at radius 2 is 2.04 bits per heavy atom. The maximum absolute atomic E-state index is 12.3. The largest absolute Gasteiger partial charge is 0.425 e. The minimum atomic E-state index is -0.292. The van der Waals surface area contributed by atoms with Gasteiger partial charge in [-0.05, 0) is 56.1 Å². The van der Waals surface area contributed by atoms with Crippen LogP contribution in [0.2, 0.25) is 5.02 Å². The number of halogens is 1. The first-order chi connectivity index (χ1) is 11.7. The van der Waals surface area contributed by atoms with Crippen LogP contribution in [0.25, 0.3) is 0 Å². The second kappa shape index (κ2) is 6.45. The van der Waals surface area contributed by atoms with Crippen LogP contribution in [0.15, 0.2) is 34.9 Å². The molecule has 3 fully saturated rings. The van der Waals surface area contributed by atoms with Crippen molar-refractivity contribution in [3.05, 3.63) is 41.4 Å². The highest BCUT2D eigenvalue weighted by molar-refractivity contribution is 6.30. The Bertz CT molecular complexity index is 723. The Hall–Kier alpha value is -2.05. The number of oxazole rings is 1. The van der Waals surface area contributed by atoms with Crippen LogP contribution >= 0.6 is 11.6 Å². The smallest absolute Gasteiger partial charge is 0.311 e. The molecule has 1 amide bonds. The molecule has 4 heterocycles. The quantitative estimate of drug-likeness (QED) is 0.921. The molecule has 5 rings (SSSR count). The number of carbonyl (C=O) groups excluding carboxylic acids is 1. The SMILES string of the molecule is O=C(NC1CN2CCC1CC2)c1ncc(Oc2ccc(Cl)cc2)o1. The summed E-state index contributed by atoms with van der Waals surface area (Å²) in [6.07, 6.45) is 3.68. The fourth-order valence-corrected chi connectivity index (χ4v) is 3.51. The standard InChI is InChI=1S/C17H18ClN3O3/c18-12-1-3-13(4-2-12)23-15-9-19-17(24-15)16(22)20-14-10-21-7-5-11(14)6-8-21/h1-4,9,11,14H,5-8,10H2,(H,20,22).